The van der Waals surface area contributed by atoms with Crippen LogP contribution in [0.15, 0.2) is 0 Å². The van der Waals surface area contributed by atoms with Crippen molar-refractivity contribution in [1.82, 2.24) is 5.32 Å². The molecule has 2 aliphatic rings. The molecule has 3 heteroatoms. The van der Waals surface area contributed by atoms with Gasteiger partial charge in [-0.2, -0.15) is 0 Å². The van der Waals surface area contributed by atoms with Crippen LogP contribution in [0.25, 0.3) is 0 Å². The van der Waals surface area contributed by atoms with Gasteiger partial charge in [-0.15, -0.1) is 0 Å². The smallest absolute Gasteiger partial charge is 0.0693 e. The highest BCUT2D eigenvalue weighted by Crippen LogP contribution is 2.24. The lowest BCUT2D eigenvalue weighted by Crippen LogP contribution is -2.47. The van der Waals surface area contributed by atoms with Crippen molar-refractivity contribution in [1.29, 1.82) is 0 Å². The SMILES string of the molecule is COC1CCCC(NC2CCCCCC2O)C1. The van der Waals surface area contributed by atoms with E-state index in [0.717, 1.165) is 19.3 Å². The van der Waals surface area contributed by atoms with Gasteiger partial charge in [0.2, 0.25) is 0 Å². The van der Waals surface area contributed by atoms with Crippen LogP contribution in [0.5, 0.6) is 0 Å². The highest BCUT2D eigenvalue weighted by atomic mass is 16.5. The summed E-state index contributed by atoms with van der Waals surface area (Å²) in [5, 5.41) is 13.8. The van der Waals surface area contributed by atoms with Gasteiger partial charge < -0.3 is 15.2 Å². The number of aliphatic hydroxyl groups is 1. The molecule has 100 valence electrons. The Kier molecular flexibility index (Phi) is 5.26. The average molecular weight is 241 g/mol. The summed E-state index contributed by atoms with van der Waals surface area (Å²) in [6.07, 6.45) is 10.9. The lowest BCUT2D eigenvalue weighted by molar-refractivity contribution is 0.0478. The molecule has 2 N–H and O–H groups in total. The molecule has 4 atom stereocenters. The second-order valence-corrected chi connectivity index (χ2v) is 5.70. The standard InChI is InChI=1S/C14H27NO2/c1-17-12-7-5-6-11(10-12)15-13-8-3-2-4-9-14(13)16/h11-16H,2-10H2,1H3. The Morgan fingerprint density at radius 3 is 2.65 bits per heavy atom. The number of methoxy groups -OCH3 is 1. The molecule has 0 saturated heterocycles. The van der Waals surface area contributed by atoms with Crippen LogP contribution in [0.1, 0.15) is 57.8 Å². The van der Waals surface area contributed by atoms with Gasteiger partial charge in [0.15, 0.2) is 0 Å². The molecule has 0 aromatic carbocycles. The van der Waals surface area contributed by atoms with Crippen molar-refractivity contribution >= 4 is 0 Å². The van der Waals surface area contributed by atoms with Crippen molar-refractivity contribution in [3.05, 3.63) is 0 Å². The maximum Gasteiger partial charge on any atom is 0.0693 e. The predicted molar refractivity (Wildman–Crippen MR) is 69.1 cm³/mol. The average Bonchev–Trinajstić information content (AvgIpc) is 2.55. The first-order chi connectivity index (χ1) is 8.29. The quantitative estimate of drug-likeness (QED) is 0.745. The van der Waals surface area contributed by atoms with Gasteiger partial charge in [-0.05, 0) is 38.5 Å². The maximum absolute atomic E-state index is 10.1. The number of aliphatic hydroxyl groups excluding tert-OH is 1. The molecule has 0 aliphatic heterocycles. The molecule has 2 fully saturated rings. The van der Waals surface area contributed by atoms with Crippen LogP contribution in [-0.2, 0) is 4.74 Å². The lowest BCUT2D eigenvalue weighted by Gasteiger charge is -2.33. The monoisotopic (exact) mass is 241 g/mol. The van der Waals surface area contributed by atoms with Crippen LogP contribution in [0, 0.1) is 0 Å². The third kappa shape index (κ3) is 3.94. The Balaban J connectivity index is 1.81. The highest BCUT2D eigenvalue weighted by molar-refractivity contribution is 4.85. The van der Waals surface area contributed by atoms with Gasteiger partial charge in [-0.3, -0.25) is 0 Å². The second-order valence-electron chi connectivity index (χ2n) is 5.70. The van der Waals surface area contributed by atoms with Crippen LogP contribution < -0.4 is 5.32 Å². The maximum atomic E-state index is 10.1. The van der Waals surface area contributed by atoms with Crippen molar-refractivity contribution in [3.63, 3.8) is 0 Å². The number of rotatable bonds is 3. The van der Waals surface area contributed by atoms with Crippen molar-refractivity contribution in [2.45, 2.75) is 82.1 Å². The van der Waals surface area contributed by atoms with E-state index in [4.69, 9.17) is 4.74 Å². The summed E-state index contributed by atoms with van der Waals surface area (Å²) in [6, 6.07) is 0.865. The van der Waals surface area contributed by atoms with Crippen molar-refractivity contribution in [2.75, 3.05) is 7.11 Å². The van der Waals surface area contributed by atoms with E-state index >= 15 is 0 Å². The van der Waals surface area contributed by atoms with Crippen LogP contribution in [-0.4, -0.2) is 36.5 Å². The number of hydrogen-bond donors (Lipinski definition) is 2. The van der Waals surface area contributed by atoms with E-state index in [1.54, 1.807) is 0 Å². The molecule has 3 nitrogen and oxygen atoms in total. The first kappa shape index (κ1) is 13.3. The lowest BCUT2D eigenvalue weighted by atomic mass is 9.91. The fourth-order valence-corrected chi connectivity index (χ4v) is 3.30. The molecule has 4 unspecified atom stereocenters. The Morgan fingerprint density at radius 2 is 1.82 bits per heavy atom. The normalized spacial score (nSPS) is 39.9. The number of nitrogens with one attached hydrogen (secondary N) is 1. The minimum Gasteiger partial charge on any atom is -0.392 e. The largest absolute Gasteiger partial charge is 0.392 e. The topological polar surface area (TPSA) is 41.5 Å². The van der Waals surface area contributed by atoms with Crippen LogP contribution >= 0.6 is 0 Å². The van der Waals surface area contributed by atoms with Crippen LogP contribution in [0.2, 0.25) is 0 Å². The Hall–Kier alpha value is -0.120. The summed E-state index contributed by atoms with van der Waals surface area (Å²) in [4.78, 5) is 0. The Labute approximate surface area is 105 Å². The zero-order chi connectivity index (χ0) is 12.1. The zero-order valence-corrected chi connectivity index (χ0v) is 11.0. The molecular formula is C14H27NO2. The van der Waals surface area contributed by atoms with E-state index in [2.05, 4.69) is 5.32 Å². The molecular weight excluding hydrogens is 214 g/mol. The summed E-state index contributed by atoms with van der Waals surface area (Å²) < 4.78 is 5.46. The van der Waals surface area contributed by atoms with Crippen molar-refractivity contribution in [3.8, 4) is 0 Å². The second kappa shape index (κ2) is 6.72. The summed E-state index contributed by atoms with van der Waals surface area (Å²) in [7, 11) is 1.81. The fourth-order valence-electron chi connectivity index (χ4n) is 3.30. The minimum atomic E-state index is -0.138. The van der Waals surface area contributed by atoms with Crippen LogP contribution in [0.4, 0.5) is 0 Å². The van der Waals surface area contributed by atoms with Gasteiger partial charge in [0.25, 0.3) is 0 Å². The van der Waals surface area contributed by atoms with Gasteiger partial charge in [0.05, 0.1) is 12.2 Å². The molecule has 2 aliphatic carbocycles. The molecule has 0 amide bonds. The van der Waals surface area contributed by atoms with E-state index in [-0.39, 0.29) is 6.10 Å². The van der Waals surface area contributed by atoms with E-state index in [0.29, 0.717) is 18.2 Å². The molecule has 0 bridgehead atoms. The van der Waals surface area contributed by atoms with Gasteiger partial charge in [0.1, 0.15) is 0 Å². The third-order valence-electron chi connectivity index (χ3n) is 4.39. The van der Waals surface area contributed by atoms with E-state index < -0.39 is 0 Å². The first-order valence-electron chi connectivity index (χ1n) is 7.26. The van der Waals surface area contributed by atoms with Crippen LogP contribution in [0.3, 0.4) is 0 Å². The van der Waals surface area contributed by atoms with E-state index in [1.807, 2.05) is 7.11 Å². The fraction of sp³-hybridized carbons (Fsp3) is 1.00. The van der Waals surface area contributed by atoms with Crippen molar-refractivity contribution < 1.29 is 9.84 Å². The summed E-state index contributed by atoms with van der Waals surface area (Å²) in [6.45, 7) is 0. The zero-order valence-electron chi connectivity index (χ0n) is 11.0. The van der Waals surface area contributed by atoms with Gasteiger partial charge in [-0.25, -0.2) is 0 Å². The molecule has 0 aromatic rings. The molecule has 0 radical (unpaired) electrons. The summed E-state index contributed by atoms with van der Waals surface area (Å²) >= 11 is 0. The van der Waals surface area contributed by atoms with E-state index in [1.165, 1.54) is 38.5 Å². The summed E-state index contributed by atoms with van der Waals surface area (Å²) in [5.41, 5.74) is 0. The predicted octanol–water partition coefficient (Wildman–Crippen LogP) is 2.23. The highest BCUT2D eigenvalue weighted by Gasteiger charge is 2.27. The summed E-state index contributed by atoms with van der Waals surface area (Å²) in [5.74, 6) is 0. The molecule has 0 spiro atoms. The molecule has 2 rings (SSSR count). The molecule has 2 saturated carbocycles. The Morgan fingerprint density at radius 1 is 1.00 bits per heavy atom. The minimum absolute atomic E-state index is 0.138. The van der Waals surface area contributed by atoms with Gasteiger partial charge in [-0.1, -0.05) is 19.3 Å². The molecule has 0 aromatic heterocycles. The number of hydrogen-bond acceptors (Lipinski definition) is 3. The molecule has 17 heavy (non-hydrogen) atoms. The third-order valence-corrected chi connectivity index (χ3v) is 4.39. The molecule has 0 heterocycles. The van der Waals surface area contributed by atoms with E-state index in [9.17, 15) is 5.11 Å². The van der Waals surface area contributed by atoms with Crippen molar-refractivity contribution in [2.24, 2.45) is 0 Å². The van der Waals surface area contributed by atoms with Gasteiger partial charge in [0, 0.05) is 19.2 Å². The Bertz CT molecular complexity index is 222. The number of ether oxygens (including phenoxy) is 1. The first-order valence-corrected chi connectivity index (χ1v) is 7.26. The van der Waals surface area contributed by atoms with Gasteiger partial charge >= 0.3 is 0 Å².